The molecule has 7 heavy (non-hydrogen) atoms. The van der Waals surface area contributed by atoms with E-state index < -0.39 is 0 Å². The van der Waals surface area contributed by atoms with Gasteiger partial charge in [0.25, 0.3) is 0 Å². The van der Waals surface area contributed by atoms with E-state index >= 15 is 0 Å². The van der Waals surface area contributed by atoms with Gasteiger partial charge < -0.3 is 0 Å². The van der Waals surface area contributed by atoms with E-state index in [1.54, 1.807) is 6.92 Å². The lowest BCUT2D eigenvalue weighted by atomic mass is 10.5. The first-order valence-corrected chi connectivity index (χ1v) is 2.14. The fraction of sp³-hybridized carbons (Fsp3) is 0.750. The number of hydroxylamine groups is 2. The summed E-state index contributed by atoms with van der Waals surface area (Å²) >= 11 is 0. The highest BCUT2D eigenvalue weighted by molar-refractivity contribution is 5.74. The second-order valence-corrected chi connectivity index (χ2v) is 1.27. The van der Waals surface area contributed by atoms with E-state index in [0.717, 1.165) is 0 Å². The molecular formula is C4H9NO2. The van der Waals surface area contributed by atoms with Crippen LogP contribution in [-0.4, -0.2) is 23.2 Å². The molecule has 42 valence electrons. The third kappa shape index (κ3) is 2.17. The van der Waals surface area contributed by atoms with Crippen LogP contribution in [0.1, 0.15) is 13.3 Å². The Labute approximate surface area is 42.5 Å². The minimum atomic E-state index is -0.264. The maximum Gasteiger partial charge on any atom is 0.245 e. The predicted molar refractivity (Wildman–Crippen MR) is 24.8 cm³/mol. The lowest BCUT2D eigenvalue weighted by Gasteiger charge is -2.03. The van der Waals surface area contributed by atoms with Gasteiger partial charge in [0.1, 0.15) is 0 Å². The van der Waals surface area contributed by atoms with Gasteiger partial charge in [-0.25, -0.2) is 5.06 Å². The Kier molecular flexibility index (Phi) is 2.37. The normalized spacial score (nSPS) is 8.43. The van der Waals surface area contributed by atoms with Crippen molar-refractivity contribution in [3.05, 3.63) is 0 Å². The van der Waals surface area contributed by atoms with Gasteiger partial charge in [0.05, 0.1) is 0 Å². The minimum absolute atomic E-state index is 0.264. The van der Waals surface area contributed by atoms with Crippen LogP contribution in [0.5, 0.6) is 0 Å². The summed E-state index contributed by atoms with van der Waals surface area (Å²) in [4.78, 5) is 10.2. The van der Waals surface area contributed by atoms with Crippen molar-refractivity contribution >= 4 is 5.91 Å². The van der Waals surface area contributed by atoms with Gasteiger partial charge >= 0.3 is 0 Å². The molecule has 0 spiro atoms. The largest absolute Gasteiger partial charge is 0.286 e. The highest BCUT2D eigenvalue weighted by Crippen LogP contribution is 1.80. The van der Waals surface area contributed by atoms with Gasteiger partial charge in [-0.15, -0.1) is 0 Å². The van der Waals surface area contributed by atoms with E-state index in [4.69, 9.17) is 5.21 Å². The molecule has 0 bridgehead atoms. The van der Waals surface area contributed by atoms with Crippen LogP contribution >= 0.6 is 0 Å². The van der Waals surface area contributed by atoms with Crippen LogP contribution in [0.25, 0.3) is 0 Å². The van der Waals surface area contributed by atoms with Crippen LogP contribution in [0.4, 0.5) is 0 Å². The third-order valence-corrected chi connectivity index (χ3v) is 0.663. The molecule has 0 aromatic heterocycles. The molecule has 0 fully saturated rings. The van der Waals surface area contributed by atoms with Gasteiger partial charge in [-0.05, 0) is 0 Å². The second-order valence-electron chi connectivity index (χ2n) is 1.27. The first-order chi connectivity index (χ1) is 3.18. The third-order valence-electron chi connectivity index (χ3n) is 0.663. The number of hydrogen-bond donors (Lipinski definition) is 1. The van der Waals surface area contributed by atoms with Crippen molar-refractivity contribution in [3.63, 3.8) is 0 Å². The maximum absolute atomic E-state index is 10.2. The maximum atomic E-state index is 10.2. The molecule has 0 radical (unpaired) electrons. The van der Waals surface area contributed by atoms with Gasteiger partial charge in [-0.3, -0.25) is 10.0 Å². The second kappa shape index (κ2) is 2.58. The van der Waals surface area contributed by atoms with Crippen LogP contribution in [0, 0.1) is 0 Å². The highest BCUT2D eigenvalue weighted by Gasteiger charge is 1.97. The first-order valence-electron chi connectivity index (χ1n) is 2.14. The Morgan fingerprint density at radius 3 is 2.29 bits per heavy atom. The van der Waals surface area contributed by atoms with Crippen molar-refractivity contribution in [2.45, 2.75) is 13.3 Å². The molecule has 0 aliphatic carbocycles. The molecule has 0 saturated heterocycles. The summed E-state index contributed by atoms with van der Waals surface area (Å²) in [5.41, 5.74) is 0. The molecule has 0 aliphatic rings. The molecule has 3 heteroatoms. The molecule has 1 N–H and O–H groups in total. The smallest absolute Gasteiger partial charge is 0.245 e. The van der Waals surface area contributed by atoms with Gasteiger partial charge in [0.15, 0.2) is 0 Å². The standard InChI is InChI=1S/C4H9NO2/c1-3-4(6)5(2)7/h7H,3H2,1-2H3. The zero-order valence-electron chi connectivity index (χ0n) is 4.51. The van der Waals surface area contributed by atoms with Crippen LogP contribution in [0.2, 0.25) is 0 Å². The molecular weight excluding hydrogens is 94.0 g/mol. The van der Waals surface area contributed by atoms with E-state index in [-0.39, 0.29) is 5.91 Å². The molecule has 0 heterocycles. The van der Waals surface area contributed by atoms with Gasteiger partial charge in [-0.1, -0.05) is 6.92 Å². The first kappa shape index (κ1) is 6.43. The fourth-order valence-electron chi connectivity index (χ4n) is 0.229. The molecule has 3 nitrogen and oxygen atoms in total. The van der Waals surface area contributed by atoms with Crippen molar-refractivity contribution in [1.29, 1.82) is 0 Å². The summed E-state index contributed by atoms with van der Waals surface area (Å²) in [6, 6.07) is 0. The highest BCUT2D eigenvalue weighted by atomic mass is 16.5. The average molecular weight is 103 g/mol. The molecule has 0 unspecified atom stereocenters. The van der Waals surface area contributed by atoms with Gasteiger partial charge in [0, 0.05) is 13.5 Å². The van der Waals surface area contributed by atoms with E-state index in [0.29, 0.717) is 11.5 Å². The molecule has 0 rings (SSSR count). The monoisotopic (exact) mass is 103 g/mol. The lowest BCUT2D eigenvalue weighted by molar-refractivity contribution is -0.158. The van der Waals surface area contributed by atoms with Crippen molar-refractivity contribution in [3.8, 4) is 0 Å². The molecule has 0 aromatic carbocycles. The SMILES string of the molecule is CCC(=O)N(C)O. The van der Waals surface area contributed by atoms with Crippen molar-refractivity contribution in [1.82, 2.24) is 5.06 Å². The Bertz CT molecular complexity index is 70.1. The summed E-state index contributed by atoms with van der Waals surface area (Å²) < 4.78 is 0. The van der Waals surface area contributed by atoms with Crippen LogP contribution in [0.3, 0.4) is 0 Å². The van der Waals surface area contributed by atoms with Crippen LogP contribution in [0.15, 0.2) is 0 Å². The topological polar surface area (TPSA) is 40.5 Å². The number of carbonyl (C=O) groups excluding carboxylic acids is 1. The average Bonchev–Trinajstić information content (AvgIpc) is 1.65. The van der Waals surface area contributed by atoms with Gasteiger partial charge in [0.2, 0.25) is 5.91 Å². The molecule has 1 amide bonds. The quantitative estimate of drug-likeness (QED) is 0.381. The lowest BCUT2D eigenvalue weighted by Crippen LogP contribution is -2.20. The summed E-state index contributed by atoms with van der Waals surface area (Å²) in [7, 11) is 1.31. The van der Waals surface area contributed by atoms with Crippen molar-refractivity contribution < 1.29 is 10.0 Å². The zero-order chi connectivity index (χ0) is 5.86. The van der Waals surface area contributed by atoms with E-state index in [2.05, 4.69) is 0 Å². The number of hydrogen-bond acceptors (Lipinski definition) is 2. The summed E-state index contributed by atoms with van der Waals surface area (Å²) in [5.74, 6) is -0.264. The number of nitrogens with zero attached hydrogens (tertiary/aromatic N) is 1. The number of carbonyl (C=O) groups is 1. The Hall–Kier alpha value is -0.570. The number of amides is 1. The Balaban J connectivity index is 3.35. The van der Waals surface area contributed by atoms with Crippen molar-refractivity contribution in [2.75, 3.05) is 7.05 Å². The Morgan fingerprint density at radius 1 is 1.86 bits per heavy atom. The molecule has 0 aliphatic heterocycles. The van der Waals surface area contributed by atoms with E-state index in [1.165, 1.54) is 7.05 Å². The summed E-state index contributed by atoms with van der Waals surface area (Å²) in [6.45, 7) is 1.69. The van der Waals surface area contributed by atoms with Crippen LogP contribution < -0.4 is 0 Å². The zero-order valence-corrected chi connectivity index (χ0v) is 4.51. The minimum Gasteiger partial charge on any atom is -0.286 e. The fourth-order valence-corrected chi connectivity index (χ4v) is 0.229. The molecule has 0 atom stereocenters. The molecule has 0 aromatic rings. The molecule has 0 saturated carbocycles. The van der Waals surface area contributed by atoms with Crippen LogP contribution in [-0.2, 0) is 4.79 Å². The van der Waals surface area contributed by atoms with Gasteiger partial charge in [-0.2, -0.15) is 0 Å². The van der Waals surface area contributed by atoms with E-state index in [9.17, 15) is 4.79 Å². The van der Waals surface area contributed by atoms with Crippen molar-refractivity contribution in [2.24, 2.45) is 0 Å². The predicted octanol–water partition coefficient (Wildman–Crippen LogP) is 0.244. The van der Waals surface area contributed by atoms with E-state index in [1.807, 2.05) is 0 Å². The summed E-state index contributed by atoms with van der Waals surface area (Å²) in [6.07, 6.45) is 0.354. The number of rotatable bonds is 1. The Morgan fingerprint density at radius 2 is 2.29 bits per heavy atom. The summed E-state index contributed by atoms with van der Waals surface area (Å²) in [5, 5.41) is 8.89.